The van der Waals surface area contributed by atoms with Gasteiger partial charge in [0.2, 0.25) is 0 Å². The third-order valence-electron chi connectivity index (χ3n) is 3.14. The first-order valence-corrected chi connectivity index (χ1v) is 5.91. The fourth-order valence-corrected chi connectivity index (χ4v) is 2.00. The lowest BCUT2D eigenvalue weighted by molar-refractivity contribution is -0.0618. The molecular weight excluding hydrogens is 238 g/mol. The van der Waals surface area contributed by atoms with Gasteiger partial charge in [-0.25, -0.2) is 4.79 Å². The quantitative estimate of drug-likeness (QED) is 0.714. The molecule has 6 heteroatoms. The molecule has 0 radical (unpaired) electrons. The first kappa shape index (κ1) is 13.1. The van der Waals surface area contributed by atoms with E-state index < -0.39 is 11.6 Å². The largest absolute Gasteiger partial charge is 0.478 e. The predicted molar refractivity (Wildman–Crippen MR) is 62.4 cm³/mol. The fraction of sp³-hybridized carbons (Fsp3) is 0.583. The Morgan fingerprint density at radius 1 is 1.44 bits per heavy atom. The highest BCUT2D eigenvalue weighted by molar-refractivity contribution is 5.88. The first-order valence-electron chi connectivity index (χ1n) is 5.91. The van der Waals surface area contributed by atoms with Gasteiger partial charge in [0.05, 0.1) is 18.4 Å². The van der Waals surface area contributed by atoms with Gasteiger partial charge in [0.25, 0.3) is 0 Å². The number of nitrogens with one attached hydrogen (secondary N) is 1. The van der Waals surface area contributed by atoms with Crippen LogP contribution in [0.4, 0.5) is 0 Å². The van der Waals surface area contributed by atoms with E-state index in [4.69, 9.17) is 14.3 Å². The van der Waals surface area contributed by atoms with Crippen LogP contribution < -0.4 is 5.32 Å². The second kappa shape index (κ2) is 5.51. The number of carboxylic acid groups (broad SMARTS) is 1. The molecule has 0 aliphatic carbocycles. The fourth-order valence-electron chi connectivity index (χ4n) is 2.00. The summed E-state index contributed by atoms with van der Waals surface area (Å²) in [6, 6.07) is 1.42. The topological polar surface area (TPSA) is 91.9 Å². The molecule has 1 aromatic rings. The minimum Gasteiger partial charge on any atom is -0.478 e. The van der Waals surface area contributed by atoms with Gasteiger partial charge < -0.3 is 24.7 Å². The Hall–Kier alpha value is -1.37. The summed E-state index contributed by atoms with van der Waals surface area (Å²) in [4.78, 5) is 10.9. The molecule has 1 saturated heterocycles. The van der Waals surface area contributed by atoms with Crippen LogP contribution in [0, 0.1) is 0 Å². The van der Waals surface area contributed by atoms with Crippen LogP contribution in [0.15, 0.2) is 16.7 Å². The van der Waals surface area contributed by atoms with Gasteiger partial charge in [-0.15, -0.1) is 0 Å². The van der Waals surface area contributed by atoms with E-state index in [1.165, 1.54) is 12.3 Å². The van der Waals surface area contributed by atoms with Gasteiger partial charge in [-0.1, -0.05) is 0 Å². The molecule has 100 valence electrons. The van der Waals surface area contributed by atoms with Crippen LogP contribution >= 0.6 is 0 Å². The standard InChI is InChI=1S/C12H17NO5/c14-11(15)9-1-4-18-10(9)7-13-8-12(16)2-5-17-6-3-12/h1,4,13,16H,2-3,5-8H2,(H,14,15). The van der Waals surface area contributed by atoms with Gasteiger partial charge in [0.1, 0.15) is 11.3 Å². The van der Waals surface area contributed by atoms with Crippen molar-refractivity contribution in [3.05, 3.63) is 23.7 Å². The maximum atomic E-state index is 10.9. The number of hydrogen-bond acceptors (Lipinski definition) is 5. The van der Waals surface area contributed by atoms with E-state index in [-0.39, 0.29) is 12.1 Å². The zero-order valence-corrected chi connectivity index (χ0v) is 10.0. The zero-order chi connectivity index (χ0) is 13.0. The van der Waals surface area contributed by atoms with Crippen molar-refractivity contribution in [1.29, 1.82) is 0 Å². The van der Waals surface area contributed by atoms with Crippen molar-refractivity contribution in [2.24, 2.45) is 0 Å². The number of hydrogen-bond donors (Lipinski definition) is 3. The van der Waals surface area contributed by atoms with Crippen LogP contribution in [0.1, 0.15) is 29.0 Å². The Bertz CT molecular complexity index is 408. The Morgan fingerprint density at radius 3 is 2.83 bits per heavy atom. The first-order chi connectivity index (χ1) is 8.61. The second-order valence-corrected chi connectivity index (χ2v) is 4.50. The summed E-state index contributed by atoms with van der Waals surface area (Å²) in [6.07, 6.45) is 2.53. The van der Waals surface area contributed by atoms with Gasteiger partial charge in [-0.05, 0) is 6.07 Å². The molecule has 1 aliphatic rings. The number of furan rings is 1. The molecule has 0 atom stereocenters. The number of ether oxygens (including phenoxy) is 1. The summed E-state index contributed by atoms with van der Waals surface area (Å²) in [5.74, 6) is -0.636. The van der Waals surface area contributed by atoms with Crippen molar-refractivity contribution in [1.82, 2.24) is 5.32 Å². The third kappa shape index (κ3) is 3.10. The van der Waals surface area contributed by atoms with E-state index in [2.05, 4.69) is 5.32 Å². The summed E-state index contributed by atoms with van der Waals surface area (Å²) in [6.45, 7) is 1.80. The summed E-state index contributed by atoms with van der Waals surface area (Å²) >= 11 is 0. The minimum atomic E-state index is -1.01. The number of rotatable bonds is 5. The number of carbonyl (C=O) groups is 1. The Balaban J connectivity index is 1.84. The number of carboxylic acids is 1. The number of aliphatic hydroxyl groups is 1. The van der Waals surface area contributed by atoms with Crippen LogP contribution in [-0.4, -0.2) is 41.5 Å². The lowest BCUT2D eigenvalue weighted by Gasteiger charge is -2.32. The third-order valence-corrected chi connectivity index (χ3v) is 3.14. The summed E-state index contributed by atoms with van der Waals surface area (Å²) in [5.41, 5.74) is -0.615. The molecule has 6 nitrogen and oxygen atoms in total. The molecule has 1 fully saturated rings. The van der Waals surface area contributed by atoms with Gasteiger partial charge in [-0.3, -0.25) is 0 Å². The van der Waals surface area contributed by atoms with Crippen molar-refractivity contribution < 1.29 is 24.2 Å². The van der Waals surface area contributed by atoms with Crippen molar-refractivity contribution >= 4 is 5.97 Å². The highest BCUT2D eigenvalue weighted by atomic mass is 16.5. The van der Waals surface area contributed by atoms with Crippen molar-refractivity contribution in [2.75, 3.05) is 19.8 Å². The molecule has 0 spiro atoms. The van der Waals surface area contributed by atoms with E-state index >= 15 is 0 Å². The van der Waals surface area contributed by atoms with Crippen molar-refractivity contribution in [2.45, 2.75) is 25.0 Å². The minimum absolute atomic E-state index is 0.154. The average molecular weight is 255 g/mol. The Labute approximate surface area is 105 Å². The molecule has 0 unspecified atom stereocenters. The summed E-state index contributed by atoms with van der Waals surface area (Å²) in [5, 5.41) is 22.1. The maximum Gasteiger partial charge on any atom is 0.339 e. The average Bonchev–Trinajstić information content (AvgIpc) is 2.78. The molecule has 2 heterocycles. The molecule has 0 bridgehead atoms. The van der Waals surface area contributed by atoms with Gasteiger partial charge in [-0.2, -0.15) is 0 Å². The Morgan fingerprint density at radius 2 is 2.17 bits per heavy atom. The number of aromatic carboxylic acids is 1. The van der Waals surface area contributed by atoms with Crippen LogP contribution in [-0.2, 0) is 11.3 Å². The van der Waals surface area contributed by atoms with E-state index in [0.717, 1.165) is 0 Å². The van der Waals surface area contributed by atoms with E-state index in [1.54, 1.807) is 0 Å². The van der Waals surface area contributed by atoms with Crippen LogP contribution in [0.5, 0.6) is 0 Å². The molecule has 0 saturated carbocycles. The second-order valence-electron chi connectivity index (χ2n) is 4.50. The van der Waals surface area contributed by atoms with E-state index in [0.29, 0.717) is 38.4 Å². The SMILES string of the molecule is O=C(O)c1ccoc1CNCC1(O)CCOCC1. The van der Waals surface area contributed by atoms with Crippen LogP contribution in [0.3, 0.4) is 0 Å². The van der Waals surface area contributed by atoms with E-state index in [9.17, 15) is 9.90 Å². The normalized spacial score (nSPS) is 18.7. The summed E-state index contributed by atoms with van der Waals surface area (Å²) < 4.78 is 10.3. The molecule has 1 aliphatic heterocycles. The zero-order valence-electron chi connectivity index (χ0n) is 10.0. The monoisotopic (exact) mass is 255 g/mol. The highest BCUT2D eigenvalue weighted by Gasteiger charge is 2.29. The lowest BCUT2D eigenvalue weighted by atomic mass is 9.94. The van der Waals surface area contributed by atoms with Crippen LogP contribution in [0.2, 0.25) is 0 Å². The predicted octanol–water partition coefficient (Wildman–Crippen LogP) is 0.609. The molecule has 3 N–H and O–H groups in total. The lowest BCUT2D eigenvalue weighted by Crippen LogP contribution is -2.44. The Kier molecular flexibility index (Phi) is 4.00. The van der Waals surface area contributed by atoms with Crippen molar-refractivity contribution in [3.8, 4) is 0 Å². The smallest absolute Gasteiger partial charge is 0.339 e. The molecular formula is C12H17NO5. The molecule has 0 aromatic carbocycles. The summed E-state index contributed by atoms with van der Waals surface area (Å²) in [7, 11) is 0. The van der Waals surface area contributed by atoms with Crippen molar-refractivity contribution in [3.63, 3.8) is 0 Å². The maximum absolute atomic E-state index is 10.9. The van der Waals surface area contributed by atoms with E-state index in [1.807, 2.05) is 0 Å². The highest BCUT2D eigenvalue weighted by Crippen LogP contribution is 2.19. The van der Waals surface area contributed by atoms with Gasteiger partial charge in [0, 0.05) is 32.6 Å². The molecule has 2 rings (SSSR count). The molecule has 18 heavy (non-hydrogen) atoms. The van der Waals surface area contributed by atoms with Gasteiger partial charge in [0.15, 0.2) is 0 Å². The van der Waals surface area contributed by atoms with Crippen LogP contribution in [0.25, 0.3) is 0 Å². The van der Waals surface area contributed by atoms with Gasteiger partial charge >= 0.3 is 5.97 Å². The molecule has 1 aromatic heterocycles. The molecule has 0 amide bonds.